The van der Waals surface area contributed by atoms with Gasteiger partial charge >= 0.3 is 0 Å². The molecule has 2 N–H and O–H groups in total. The van der Waals surface area contributed by atoms with E-state index in [1.165, 1.54) is 16.7 Å². The number of benzene rings is 5. The summed E-state index contributed by atoms with van der Waals surface area (Å²) in [4.78, 5) is 4.87. The lowest BCUT2D eigenvalue weighted by atomic mass is 9.76. The highest BCUT2D eigenvalue weighted by Crippen LogP contribution is 2.43. The molecule has 36 heavy (non-hydrogen) atoms. The Morgan fingerprint density at radius 1 is 0.583 bits per heavy atom. The molecule has 0 aliphatic rings. The molecule has 0 spiro atoms. The molecular weight excluding hydrogens is 438 g/mol. The van der Waals surface area contributed by atoms with Gasteiger partial charge in [-0.1, -0.05) is 115 Å². The average Bonchev–Trinajstić information content (AvgIpc) is 3.39. The van der Waals surface area contributed by atoms with Crippen molar-refractivity contribution in [3.05, 3.63) is 162 Å². The first kappa shape index (κ1) is 22.0. The summed E-state index contributed by atoms with van der Waals surface area (Å²) < 4.78 is 2.33. The van der Waals surface area contributed by atoms with Crippen LogP contribution >= 0.6 is 0 Å². The lowest BCUT2D eigenvalue weighted by Gasteiger charge is -2.38. The van der Waals surface area contributed by atoms with Gasteiger partial charge in [-0.25, -0.2) is 4.98 Å². The minimum absolute atomic E-state index is 0.521. The van der Waals surface area contributed by atoms with Crippen molar-refractivity contribution in [2.75, 3.05) is 0 Å². The molecule has 0 bridgehead atoms. The molecule has 1 aromatic heterocycles. The van der Waals surface area contributed by atoms with E-state index in [1.54, 1.807) is 0 Å². The van der Waals surface area contributed by atoms with Gasteiger partial charge in [-0.2, -0.15) is 0 Å². The summed E-state index contributed by atoms with van der Waals surface area (Å²) in [5.41, 5.74) is 14.3. The molecule has 5 aromatic carbocycles. The fourth-order valence-corrected chi connectivity index (χ4v) is 5.29. The van der Waals surface area contributed by atoms with Crippen LogP contribution in [-0.4, -0.2) is 9.55 Å². The number of fused-ring (bicyclic) bond motifs is 1. The normalized spacial score (nSPS) is 11.6. The largest absolute Gasteiger partial charge is 0.326 e. The molecule has 0 saturated heterocycles. The maximum absolute atomic E-state index is 5.93. The van der Waals surface area contributed by atoms with Crippen LogP contribution in [0.3, 0.4) is 0 Å². The molecule has 3 nitrogen and oxygen atoms in total. The summed E-state index contributed by atoms with van der Waals surface area (Å²) in [6.07, 6.45) is 1.98. The molecule has 3 heteroatoms. The van der Waals surface area contributed by atoms with Crippen LogP contribution in [0.15, 0.2) is 140 Å². The highest BCUT2D eigenvalue weighted by Gasteiger charge is 2.39. The zero-order valence-corrected chi connectivity index (χ0v) is 20.0. The van der Waals surface area contributed by atoms with Gasteiger partial charge in [0.25, 0.3) is 0 Å². The summed E-state index contributed by atoms with van der Waals surface area (Å²) in [5, 5.41) is 0. The van der Waals surface area contributed by atoms with Crippen molar-refractivity contribution in [1.29, 1.82) is 0 Å². The van der Waals surface area contributed by atoms with Gasteiger partial charge in [0.2, 0.25) is 0 Å². The summed E-state index contributed by atoms with van der Waals surface area (Å²) in [6, 6.07) is 47.1. The van der Waals surface area contributed by atoms with Crippen molar-refractivity contribution in [3.8, 4) is 11.1 Å². The molecule has 0 fully saturated rings. The van der Waals surface area contributed by atoms with Crippen molar-refractivity contribution in [1.82, 2.24) is 9.55 Å². The van der Waals surface area contributed by atoms with E-state index in [-0.39, 0.29) is 0 Å². The molecule has 0 aliphatic carbocycles. The topological polar surface area (TPSA) is 43.8 Å². The SMILES string of the molecule is NCc1cccc(-c2ccc3ncn(C(c4ccccc4)(c4ccccc4)c4ccccc4)c3c2)c1. The van der Waals surface area contributed by atoms with Gasteiger partial charge < -0.3 is 10.3 Å². The highest BCUT2D eigenvalue weighted by atomic mass is 15.1. The molecule has 0 aliphatic heterocycles. The predicted octanol–water partition coefficient (Wildman–Crippen LogP) is 7.00. The van der Waals surface area contributed by atoms with E-state index in [9.17, 15) is 0 Å². The van der Waals surface area contributed by atoms with Gasteiger partial charge in [-0.15, -0.1) is 0 Å². The average molecular weight is 466 g/mol. The number of hydrogen-bond acceptors (Lipinski definition) is 2. The Morgan fingerprint density at radius 2 is 1.14 bits per heavy atom. The zero-order valence-electron chi connectivity index (χ0n) is 20.0. The second-order valence-corrected chi connectivity index (χ2v) is 9.03. The number of aromatic nitrogens is 2. The van der Waals surface area contributed by atoms with Crippen LogP contribution in [0.25, 0.3) is 22.2 Å². The minimum Gasteiger partial charge on any atom is -0.326 e. The molecule has 0 radical (unpaired) electrons. The quantitative estimate of drug-likeness (QED) is 0.269. The summed E-state index contributed by atoms with van der Waals surface area (Å²) in [7, 11) is 0. The van der Waals surface area contributed by atoms with Crippen LogP contribution in [0.5, 0.6) is 0 Å². The second kappa shape index (κ2) is 9.29. The van der Waals surface area contributed by atoms with E-state index in [4.69, 9.17) is 10.7 Å². The number of imidazole rings is 1. The summed E-state index contributed by atoms with van der Waals surface area (Å²) in [6.45, 7) is 0.521. The Morgan fingerprint density at radius 3 is 1.69 bits per heavy atom. The summed E-state index contributed by atoms with van der Waals surface area (Å²) in [5.74, 6) is 0. The molecule has 0 atom stereocenters. The summed E-state index contributed by atoms with van der Waals surface area (Å²) >= 11 is 0. The monoisotopic (exact) mass is 465 g/mol. The van der Waals surface area contributed by atoms with Crippen LogP contribution in [0.4, 0.5) is 0 Å². The molecule has 1 heterocycles. The van der Waals surface area contributed by atoms with Crippen molar-refractivity contribution >= 4 is 11.0 Å². The van der Waals surface area contributed by atoms with Gasteiger partial charge in [0.05, 0.1) is 17.4 Å². The lowest BCUT2D eigenvalue weighted by molar-refractivity contribution is 0.529. The number of rotatable bonds is 6. The van der Waals surface area contributed by atoms with Crippen LogP contribution in [0.1, 0.15) is 22.3 Å². The van der Waals surface area contributed by atoms with Crippen LogP contribution in [-0.2, 0) is 12.1 Å². The van der Waals surface area contributed by atoms with Gasteiger partial charge in [0.1, 0.15) is 5.54 Å². The minimum atomic E-state index is -0.601. The predicted molar refractivity (Wildman–Crippen MR) is 148 cm³/mol. The van der Waals surface area contributed by atoms with Crippen molar-refractivity contribution in [3.63, 3.8) is 0 Å². The first-order chi connectivity index (χ1) is 17.8. The molecule has 6 aromatic rings. The number of hydrogen-bond donors (Lipinski definition) is 1. The first-order valence-corrected chi connectivity index (χ1v) is 12.2. The maximum atomic E-state index is 5.93. The number of nitrogens with zero attached hydrogens (tertiary/aromatic N) is 2. The standard InChI is InChI=1S/C33H27N3/c34-23-25-11-10-12-26(21-25)27-19-20-31-32(22-27)36(24-35-31)33(28-13-4-1-5-14-28,29-15-6-2-7-16-29)30-17-8-3-9-18-30/h1-22,24H,23,34H2. The Bertz CT molecular complexity index is 1510. The third-order valence-electron chi connectivity index (χ3n) is 6.98. The van der Waals surface area contributed by atoms with Crippen molar-refractivity contribution in [2.24, 2.45) is 5.73 Å². The van der Waals surface area contributed by atoms with Crippen LogP contribution in [0.2, 0.25) is 0 Å². The third kappa shape index (κ3) is 3.62. The maximum Gasteiger partial charge on any atom is 0.122 e. The van der Waals surface area contributed by atoms with Gasteiger partial charge in [-0.05, 0) is 51.6 Å². The Balaban J connectivity index is 1.69. The second-order valence-electron chi connectivity index (χ2n) is 9.03. The van der Waals surface area contributed by atoms with E-state index in [2.05, 4.69) is 138 Å². The Labute approximate surface area is 211 Å². The van der Waals surface area contributed by atoms with Gasteiger partial charge in [-0.3, -0.25) is 0 Å². The van der Waals surface area contributed by atoms with Gasteiger partial charge in [0.15, 0.2) is 0 Å². The van der Waals surface area contributed by atoms with Crippen molar-refractivity contribution < 1.29 is 0 Å². The van der Waals surface area contributed by atoms with E-state index in [1.807, 2.05) is 6.33 Å². The Hall–Kier alpha value is -4.47. The fourth-order valence-electron chi connectivity index (χ4n) is 5.29. The molecule has 174 valence electrons. The van der Waals surface area contributed by atoms with Crippen LogP contribution in [0, 0.1) is 0 Å². The molecular formula is C33H27N3. The highest BCUT2D eigenvalue weighted by molar-refractivity contribution is 5.83. The van der Waals surface area contributed by atoms with E-state index in [0.717, 1.165) is 27.7 Å². The first-order valence-electron chi connectivity index (χ1n) is 12.2. The Kier molecular flexibility index (Phi) is 5.68. The number of nitrogens with two attached hydrogens (primary N) is 1. The molecule has 6 rings (SSSR count). The van der Waals surface area contributed by atoms with Crippen molar-refractivity contribution in [2.45, 2.75) is 12.1 Å². The molecule has 0 amide bonds. The zero-order chi connectivity index (χ0) is 24.4. The van der Waals surface area contributed by atoms with E-state index < -0.39 is 5.54 Å². The van der Waals surface area contributed by atoms with Gasteiger partial charge in [0, 0.05) is 6.54 Å². The molecule has 0 saturated carbocycles. The lowest BCUT2D eigenvalue weighted by Crippen LogP contribution is -2.37. The van der Waals surface area contributed by atoms with E-state index in [0.29, 0.717) is 6.54 Å². The van der Waals surface area contributed by atoms with E-state index >= 15 is 0 Å². The van der Waals surface area contributed by atoms with Crippen LogP contribution < -0.4 is 5.73 Å². The molecule has 0 unspecified atom stereocenters. The third-order valence-corrected chi connectivity index (χ3v) is 6.98. The fraction of sp³-hybridized carbons (Fsp3) is 0.0606. The smallest absolute Gasteiger partial charge is 0.122 e.